The van der Waals surface area contributed by atoms with Gasteiger partial charge in [-0.1, -0.05) is 13.8 Å². The van der Waals surface area contributed by atoms with Crippen molar-refractivity contribution in [2.24, 2.45) is 11.1 Å². The van der Waals surface area contributed by atoms with Crippen LogP contribution in [0.15, 0.2) is 10.7 Å². The van der Waals surface area contributed by atoms with Crippen LogP contribution in [0.4, 0.5) is 6.01 Å². The van der Waals surface area contributed by atoms with Gasteiger partial charge in [0.25, 0.3) is 6.01 Å². The molecule has 1 fully saturated rings. The smallest absolute Gasteiger partial charge is 0.297 e. The molecule has 2 rings (SSSR count). The molecule has 4 heteroatoms. The minimum absolute atomic E-state index is 0.400. The number of nitrogens with two attached hydrogens (primary N) is 1. The lowest BCUT2D eigenvalue weighted by atomic mass is 9.85. The summed E-state index contributed by atoms with van der Waals surface area (Å²) in [6, 6.07) is 0.708. The van der Waals surface area contributed by atoms with Crippen molar-refractivity contribution in [1.29, 1.82) is 0 Å². The molecule has 0 radical (unpaired) electrons. The van der Waals surface area contributed by atoms with Crippen molar-refractivity contribution in [3.63, 3.8) is 0 Å². The molecule has 0 aliphatic carbocycles. The average molecular weight is 181 g/mol. The van der Waals surface area contributed by atoms with Gasteiger partial charge in [-0.15, -0.1) is 0 Å². The molecular formula is C9H15N3O. The van der Waals surface area contributed by atoms with Crippen LogP contribution < -0.4 is 10.6 Å². The summed E-state index contributed by atoms with van der Waals surface area (Å²) in [5.41, 5.74) is 6.65. The maximum absolute atomic E-state index is 5.44. The van der Waals surface area contributed by atoms with Gasteiger partial charge in [0.05, 0.1) is 5.69 Å². The van der Waals surface area contributed by atoms with Crippen LogP contribution in [0, 0.1) is 5.41 Å². The second-order valence-corrected chi connectivity index (χ2v) is 4.35. The molecule has 2 heterocycles. The molecule has 1 aromatic rings. The summed E-state index contributed by atoms with van der Waals surface area (Å²) >= 11 is 0. The fourth-order valence-electron chi connectivity index (χ4n) is 1.66. The molecule has 1 aromatic heterocycles. The van der Waals surface area contributed by atoms with Gasteiger partial charge in [0.2, 0.25) is 0 Å². The monoisotopic (exact) mass is 181 g/mol. The van der Waals surface area contributed by atoms with E-state index in [1.807, 2.05) is 0 Å². The van der Waals surface area contributed by atoms with Crippen LogP contribution in [0.2, 0.25) is 0 Å². The van der Waals surface area contributed by atoms with Gasteiger partial charge in [0.1, 0.15) is 6.26 Å². The molecule has 0 atom stereocenters. The first kappa shape index (κ1) is 8.56. The van der Waals surface area contributed by atoms with E-state index in [4.69, 9.17) is 10.2 Å². The Morgan fingerprint density at radius 3 is 2.77 bits per heavy atom. The standard InChI is InChI=1S/C9H15N3O/c1-9(2)5-12(6-9)8-11-7(3-10)4-13-8/h4H,3,5-6,10H2,1-2H3. The first-order chi connectivity index (χ1) is 6.11. The lowest BCUT2D eigenvalue weighted by Crippen LogP contribution is -2.53. The number of hydrogen-bond acceptors (Lipinski definition) is 4. The SMILES string of the molecule is CC1(C)CN(c2nc(CN)co2)C1. The summed E-state index contributed by atoms with van der Waals surface area (Å²) in [5.74, 6) is 0. The molecule has 0 saturated carbocycles. The Morgan fingerprint density at radius 2 is 2.31 bits per heavy atom. The second-order valence-electron chi connectivity index (χ2n) is 4.35. The van der Waals surface area contributed by atoms with Crippen LogP contribution in [0.5, 0.6) is 0 Å². The zero-order valence-corrected chi connectivity index (χ0v) is 8.08. The zero-order chi connectivity index (χ0) is 9.47. The highest BCUT2D eigenvalue weighted by Gasteiger charge is 2.36. The van der Waals surface area contributed by atoms with Gasteiger partial charge in [0.15, 0.2) is 0 Å². The minimum Gasteiger partial charge on any atom is -0.432 e. The summed E-state index contributed by atoms with van der Waals surface area (Å²) in [4.78, 5) is 6.37. The van der Waals surface area contributed by atoms with Gasteiger partial charge in [0, 0.05) is 25.0 Å². The number of nitrogens with zero attached hydrogens (tertiary/aromatic N) is 2. The fraction of sp³-hybridized carbons (Fsp3) is 0.667. The average Bonchev–Trinajstić information content (AvgIpc) is 2.47. The van der Waals surface area contributed by atoms with E-state index in [1.165, 1.54) is 0 Å². The molecule has 0 bridgehead atoms. The molecule has 2 N–H and O–H groups in total. The molecule has 0 unspecified atom stereocenters. The van der Waals surface area contributed by atoms with Gasteiger partial charge in [-0.25, -0.2) is 0 Å². The van der Waals surface area contributed by atoms with E-state index in [9.17, 15) is 0 Å². The maximum atomic E-state index is 5.44. The third-order valence-electron chi connectivity index (χ3n) is 2.26. The fourth-order valence-corrected chi connectivity index (χ4v) is 1.66. The molecule has 72 valence electrons. The van der Waals surface area contributed by atoms with Crippen molar-refractivity contribution < 1.29 is 4.42 Å². The van der Waals surface area contributed by atoms with E-state index in [0.29, 0.717) is 18.0 Å². The molecule has 4 nitrogen and oxygen atoms in total. The first-order valence-corrected chi connectivity index (χ1v) is 4.50. The number of hydrogen-bond donors (Lipinski definition) is 1. The summed E-state index contributed by atoms with van der Waals surface area (Å²) in [7, 11) is 0. The first-order valence-electron chi connectivity index (χ1n) is 4.50. The van der Waals surface area contributed by atoms with Gasteiger partial charge in [-0.05, 0) is 0 Å². The van der Waals surface area contributed by atoms with Crippen LogP contribution in [0.3, 0.4) is 0 Å². The Balaban J connectivity index is 2.03. The summed E-state index contributed by atoms with van der Waals surface area (Å²) in [6.07, 6.45) is 1.63. The van der Waals surface area contributed by atoms with Gasteiger partial charge in [-0.3, -0.25) is 0 Å². The van der Waals surface area contributed by atoms with Gasteiger partial charge >= 0.3 is 0 Å². The molecule has 0 amide bonds. The number of aromatic nitrogens is 1. The Hall–Kier alpha value is -1.03. The normalized spacial score (nSPS) is 20.1. The highest BCUT2D eigenvalue weighted by atomic mass is 16.4. The highest BCUT2D eigenvalue weighted by Crippen LogP contribution is 2.32. The molecule has 0 spiro atoms. The number of rotatable bonds is 2. The molecule has 1 saturated heterocycles. The quantitative estimate of drug-likeness (QED) is 0.739. The topological polar surface area (TPSA) is 55.3 Å². The lowest BCUT2D eigenvalue weighted by molar-refractivity contribution is 0.260. The third kappa shape index (κ3) is 1.54. The Bertz CT molecular complexity index is 298. The maximum Gasteiger partial charge on any atom is 0.297 e. The number of anilines is 1. The molecular weight excluding hydrogens is 166 g/mol. The summed E-state index contributed by atoms with van der Waals surface area (Å²) < 4.78 is 5.29. The van der Waals surface area contributed by atoms with E-state index < -0.39 is 0 Å². The Labute approximate surface area is 77.7 Å². The van der Waals surface area contributed by atoms with Crippen LogP contribution >= 0.6 is 0 Å². The van der Waals surface area contributed by atoms with Crippen molar-refractivity contribution in [2.45, 2.75) is 20.4 Å². The molecule has 0 aromatic carbocycles. The van der Waals surface area contributed by atoms with Crippen molar-refractivity contribution in [3.8, 4) is 0 Å². The summed E-state index contributed by atoms with van der Waals surface area (Å²) in [5, 5.41) is 0. The van der Waals surface area contributed by atoms with Crippen molar-refractivity contribution >= 4 is 6.01 Å². The van der Waals surface area contributed by atoms with Crippen LogP contribution in [-0.4, -0.2) is 18.1 Å². The van der Waals surface area contributed by atoms with Crippen molar-refractivity contribution in [3.05, 3.63) is 12.0 Å². The van der Waals surface area contributed by atoms with E-state index in [2.05, 4.69) is 23.7 Å². The number of oxazole rings is 1. The van der Waals surface area contributed by atoms with Crippen LogP contribution in [0.25, 0.3) is 0 Å². The van der Waals surface area contributed by atoms with Crippen molar-refractivity contribution in [2.75, 3.05) is 18.0 Å². The van der Waals surface area contributed by atoms with Crippen LogP contribution in [0.1, 0.15) is 19.5 Å². The van der Waals surface area contributed by atoms with E-state index in [1.54, 1.807) is 6.26 Å². The highest BCUT2D eigenvalue weighted by molar-refractivity contribution is 5.33. The van der Waals surface area contributed by atoms with E-state index >= 15 is 0 Å². The third-order valence-corrected chi connectivity index (χ3v) is 2.26. The van der Waals surface area contributed by atoms with E-state index in [-0.39, 0.29) is 0 Å². The van der Waals surface area contributed by atoms with Gasteiger partial charge < -0.3 is 15.1 Å². The predicted octanol–water partition coefficient (Wildman–Crippen LogP) is 0.980. The Kier molecular flexibility index (Phi) is 1.80. The lowest BCUT2D eigenvalue weighted by Gasteiger charge is -2.44. The molecule has 13 heavy (non-hydrogen) atoms. The molecule has 1 aliphatic heterocycles. The minimum atomic E-state index is 0.400. The Morgan fingerprint density at radius 1 is 1.62 bits per heavy atom. The van der Waals surface area contributed by atoms with Crippen molar-refractivity contribution in [1.82, 2.24) is 4.98 Å². The molecule has 1 aliphatic rings. The predicted molar refractivity (Wildman–Crippen MR) is 50.4 cm³/mol. The van der Waals surface area contributed by atoms with Gasteiger partial charge in [-0.2, -0.15) is 4.98 Å². The van der Waals surface area contributed by atoms with Crippen LogP contribution in [-0.2, 0) is 6.54 Å². The van der Waals surface area contributed by atoms with E-state index in [0.717, 1.165) is 18.8 Å². The zero-order valence-electron chi connectivity index (χ0n) is 8.08. The second kappa shape index (κ2) is 2.73. The summed E-state index contributed by atoms with van der Waals surface area (Å²) in [6.45, 7) is 6.93. The largest absolute Gasteiger partial charge is 0.432 e.